The minimum Gasteiger partial charge on any atom is -0.453 e. The second-order valence-electron chi connectivity index (χ2n) is 17.0. The molecule has 3 aromatic carbocycles. The van der Waals surface area contributed by atoms with Gasteiger partial charge < -0.3 is 39.9 Å². The molecule has 2 saturated heterocycles. The Bertz CT molecular complexity index is 2370. The third-order valence-corrected chi connectivity index (χ3v) is 12.8. The number of imidazole rings is 2. The maximum atomic E-state index is 14.0. The number of likely N-dealkylation sites (tertiary alicyclic amines) is 2. The van der Waals surface area contributed by atoms with Gasteiger partial charge in [0, 0.05) is 18.7 Å². The number of ether oxygens (including phenoxy) is 2. The molecular formula is C47H56N8O6. The lowest BCUT2D eigenvalue weighted by Gasteiger charge is -2.34. The second-order valence-corrected chi connectivity index (χ2v) is 17.0. The summed E-state index contributed by atoms with van der Waals surface area (Å²) < 4.78 is 9.68. The molecule has 2 aromatic heterocycles. The van der Waals surface area contributed by atoms with Gasteiger partial charge in [0.05, 0.1) is 50.1 Å². The normalized spacial score (nSPS) is 19.2. The molecule has 61 heavy (non-hydrogen) atoms. The average molecular weight is 829 g/mol. The molecule has 3 fully saturated rings. The number of alkyl carbamates (subject to hydrolysis) is 2. The molecular weight excluding hydrogens is 773 g/mol. The number of benzene rings is 3. The number of aromatic amines is 2. The molecule has 3 aliphatic rings. The molecule has 1 saturated carbocycles. The number of rotatable bonds is 11. The number of aromatic nitrogens is 4. The molecule has 0 unspecified atom stereocenters. The van der Waals surface area contributed by atoms with Gasteiger partial charge in [-0.25, -0.2) is 19.6 Å². The fourth-order valence-corrected chi connectivity index (χ4v) is 9.46. The van der Waals surface area contributed by atoms with Crippen molar-refractivity contribution in [1.82, 2.24) is 40.4 Å². The summed E-state index contributed by atoms with van der Waals surface area (Å²) in [6.45, 7) is 5.03. The van der Waals surface area contributed by atoms with Gasteiger partial charge in [0.1, 0.15) is 23.7 Å². The van der Waals surface area contributed by atoms with Crippen LogP contribution in [-0.4, -0.2) is 93.1 Å². The van der Waals surface area contributed by atoms with Gasteiger partial charge in [0.15, 0.2) is 0 Å². The number of carbonyl (C=O) groups excluding carboxylic acids is 4. The number of amides is 4. The molecule has 14 heteroatoms. The average Bonchev–Trinajstić information content (AvgIpc) is 4.14. The van der Waals surface area contributed by atoms with E-state index >= 15 is 0 Å². The highest BCUT2D eigenvalue weighted by Crippen LogP contribution is 2.37. The van der Waals surface area contributed by atoms with Crippen LogP contribution in [0.1, 0.15) is 95.4 Å². The third kappa shape index (κ3) is 8.85. The van der Waals surface area contributed by atoms with Crippen LogP contribution in [0.5, 0.6) is 0 Å². The Labute approximate surface area is 356 Å². The van der Waals surface area contributed by atoms with Crippen molar-refractivity contribution in [1.29, 1.82) is 0 Å². The topological polar surface area (TPSA) is 175 Å². The van der Waals surface area contributed by atoms with Crippen LogP contribution in [0.25, 0.3) is 44.4 Å². The summed E-state index contributed by atoms with van der Waals surface area (Å²) in [4.78, 5) is 72.1. The number of H-pyrrole nitrogens is 2. The summed E-state index contributed by atoms with van der Waals surface area (Å²) in [5, 5.41) is 7.78. The Hall–Kier alpha value is -6.18. The van der Waals surface area contributed by atoms with Gasteiger partial charge >= 0.3 is 12.2 Å². The van der Waals surface area contributed by atoms with Gasteiger partial charge in [0.2, 0.25) is 11.8 Å². The molecule has 0 bridgehead atoms. The molecule has 1 aliphatic carbocycles. The van der Waals surface area contributed by atoms with Gasteiger partial charge in [-0.2, -0.15) is 0 Å². The lowest BCUT2D eigenvalue weighted by Crippen LogP contribution is -2.52. The van der Waals surface area contributed by atoms with Gasteiger partial charge in [0.25, 0.3) is 0 Å². The lowest BCUT2D eigenvalue weighted by molar-refractivity contribution is -0.136. The van der Waals surface area contributed by atoms with E-state index in [1.165, 1.54) is 14.2 Å². The van der Waals surface area contributed by atoms with Crippen molar-refractivity contribution in [3.8, 4) is 33.6 Å². The zero-order chi connectivity index (χ0) is 42.6. The zero-order valence-electron chi connectivity index (χ0n) is 35.4. The Kier molecular flexibility index (Phi) is 12.4. The molecule has 0 radical (unpaired) electrons. The van der Waals surface area contributed by atoms with E-state index in [0.717, 1.165) is 114 Å². The first-order chi connectivity index (χ1) is 29.6. The van der Waals surface area contributed by atoms with E-state index in [0.29, 0.717) is 13.1 Å². The summed E-state index contributed by atoms with van der Waals surface area (Å²) in [7, 11) is 2.63. The summed E-state index contributed by atoms with van der Waals surface area (Å²) in [5.74, 6) is 1.29. The maximum Gasteiger partial charge on any atom is 0.407 e. The van der Waals surface area contributed by atoms with Crippen LogP contribution in [0.4, 0.5) is 9.59 Å². The van der Waals surface area contributed by atoms with E-state index in [1.54, 1.807) is 0 Å². The summed E-state index contributed by atoms with van der Waals surface area (Å²) >= 11 is 0. The summed E-state index contributed by atoms with van der Waals surface area (Å²) in [6, 6.07) is 19.5. The largest absolute Gasteiger partial charge is 0.453 e. The van der Waals surface area contributed by atoms with Crippen LogP contribution >= 0.6 is 0 Å². The van der Waals surface area contributed by atoms with Gasteiger partial charge in [-0.1, -0.05) is 81.6 Å². The highest BCUT2D eigenvalue weighted by molar-refractivity contribution is 5.91. The van der Waals surface area contributed by atoms with E-state index in [1.807, 2.05) is 36.0 Å². The number of fused-ring (bicyclic) bond motifs is 1. The van der Waals surface area contributed by atoms with E-state index < -0.39 is 24.3 Å². The van der Waals surface area contributed by atoms with Crippen molar-refractivity contribution in [2.75, 3.05) is 27.3 Å². The SMILES string of the molecule is COC(=O)N[C@H](C(=O)N1CCC[C@H]1c1ncc(-c2ccc3cc(-c4ccc(-c5cnc([C@@H]6CCCN6C(=O)[C@@H](NC(=O)OC)C6CCCCC6)[nH]5)cc4)ccc3c2)[nH]1)C(C)C. The minimum atomic E-state index is -0.687. The molecule has 4 atom stereocenters. The Morgan fingerprint density at radius 3 is 1.72 bits per heavy atom. The van der Waals surface area contributed by atoms with Crippen molar-refractivity contribution >= 4 is 34.8 Å². The number of nitrogens with one attached hydrogen (secondary N) is 4. The smallest absolute Gasteiger partial charge is 0.407 e. The van der Waals surface area contributed by atoms with E-state index in [2.05, 4.69) is 81.3 Å². The molecule has 14 nitrogen and oxygen atoms in total. The lowest BCUT2D eigenvalue weighted by atomic mass is 9.83. The highest BCUT2D eigenvalue weighted by atomic mass is 16.5. The van der Waals surface area contributed by atoms with Crippen LogP contribution < -0.4 is 10.6 Å². The first-order valence-electron chi connectivity index (χ1n) is 21.7. The predicted molar refractivity (Wildman–Crippen MR) is 232 cm³/mol. The predicted octanol–water partition coefficient (Wildman–Crippen LogP) is 8.30. The Morgan fingerprint density at radius 1 is 0.623 bits per heavy atom. The van der Waals surface area contributed by atoms with Gasteiger partial charge in [-0.05, 0) is 90.0 Å². The standard InChI is InChI=1S/C47H56N8O6/c1-28(2)40(52-46(58)60-3)44(56)54-22-8-12-38(54)43-49-27-37(51-43)35-21-20-33-24-32(18-19-34(33)25-35)29-14-16-30(17-15-29)36-26-48-42(50-36)39-13-9-23-55(39)45(57)41(53-47(59)61-4)31-10-6-5-7-11-31/h14-21,24-28,31,38-41H,5-13,22-23H2,1-4H3,(H,48,50)(H,49,51)(H,52,58)(H,53,59)/t38-,39-,40-,41-/m0/s1. The number of carbonyl (C=O) groups is 4. The number of hydrogen-bond acceptors (Lipinski definition) is 8. The molecule has 4 amide bonds. The summed E-state index contributed by atoms with van der Waals surface area (Å²) in [6.07, 6.45) is 10.9. The van der Waals surface area contributed by atoms with E-state index in [4.69, 9.17) is 19.4 Å². The molecule has 0 spiro atoms. The van der Waals surface area contributed by atoms with E-state index in [9.17, 15) is 19.2 Å². The van der Waals surface area contributed by atoms with Crippen LogP contribution in [0, 0.1) is 11.8 Å². The molecule has 2 aliphatic heterocycles. The quantitative estimate of drug-likeness (QED) is 0.103. The van der Waals surface area contributed by atoms with Crippen molar-refractivity contribution < 1.29 is 28.7 Å². The fourth-order valence-electron chi connectivity index (χ4n) is 9.46. The Balaban J connectivity index is 0.935. The highest BCUT2D eigenvalue weighted by Gasteiger charge is 2.40. The molecule has 320 valence electrons. The van der Waals surface area contributed by atoms with Gasteiger partial charge in [-0.15, -0.1) is 0 Å². The van der Waals surface area contributed by atoms with Crippen molar-refractivity contribution in [2.24, 2.45) is 11.8 Å². The van der Waals surface area contributed by atoms with Gasteiger partial charge in [-0.3, -0.25) is 9.59 Å². The van der Waals surface area contributed by atoms with Crippen molar-refractivity contribution in [3.63, 3.8) is 0 Å². The van der Waals surface area contributed by atoms with Crippen LogP contribution in [0.2, 0.25) is 0 Å². The van der Waals surface area contributed by atoms with Crippen molar-refractivity contribution in [3.05, 3.63) is 84.7 Å². The second kappa shape index (κ2) is 18.2. The number of hydrogen-bond donors (Lipinski definition) is 4. The van der Waals surface area contributed by atoms with E-state index in [-0.39, 0.29) is 35.7 Å². The molecule has 5 aromatic rings. The fraction of sp³-hybridized carbons (Fsp3) is 0.447. The minimum absolute atomic E-state index is 0.0574. The monoisotopic (exact) mass is 828 g/mol. The number of nitrogens with zero attached hydrogens (tertiary/aromatic N) is 4. The molecule has 8 rings (SSSR count). The molecule has 4 heterocycles. The van der Waals surface area contributed by atoms with Crippen LogP contribution in [0.3, 0.4) is 0 Å². The Morgan fingerprint density at radius 2 is 1.13 bits per heavy atom. The summed E-state index contributed by atoms with van der Waals surface area (Å²) in [5.41, 5.74) is 5.94. The maximum absolute atomic E-state index is 14.0. The van der Waals surface area contributed by atoms with Crippen LogP contribution in [0.15, 0.2) is 73.1 Å². The van der Waals surface area contributed by atoms with Crippen LogP contribution in [-0.2, 0) is 19.1 Å². The van der Waals surface area contributed by atoms with Crippen molar-refractivity contribution in [2.45, 2.75) is 95.8 Å². The third-order valence-electron chi connectivity index (χ3n) is 12.8. The first-order valence-corrected chi connectivity index (χ1v) is 21.7. The number of methoxy groups -OCH3 is 2. The first kappa shape index (κ1) is 41.5. The molecule has 4 N–H and O–H groups in total. The zero-order valence-corrected chi connectivity index (χ0v) is 35.4.